The molecule has 0 saturated heterocycles. The Morgan fingerprint density at radius 3 is 2.33 bits per heavy atom. The number of alkyl carbamates (subject to hydrolysis) is 1. The lowest BCUT2D eigenvalue weighted by Gasteiger charge is -2.19. The molecule has 1 aromatic heterocycles. The standard InChI is InChI=1S/C30H29F4N5O4/c1-29(2,3)43-28(42)36-16-17-5-4-6-21(13-17)39-24(15-25(38-39)30(32,33)34)27(41)37-23-14-19(9-12-22(23)31)26(40)18-7-10-20(35)11-8-18/h4-15,26,40H,16,35H2,1-3H3,(H,36,42)(H,37,41). The Morgan fingerprint density at radius 1 is 1.00 bits per heavy atom. The molecule has 3 aromatic carbocycles. The molecule has 13 heteroatoms. The predicted molar refractivity (Wildman–Crippen MR) is 151 cm³/mol. The van der Waals surface area contributed by atoms with Crippen molar-refractivity contribution in [1.82, 2.24) is 15.1 Å². The molecule has 1 unspecified atom stereocenters. The summed E-state index contributed by atoms with van der Waals surface area (Å²) in [4.78, 5) is 25.3. The van der Waals surface area contributed by atoms with E-state index in [2.05, 4.69) is 15.7 Å². The summed E-state index contributed by atoms with van der Waals surface area (Å²) in [7, 11) is 0. The van der Waals surface area contributed by atoms with Gasteiger partial charge in [-0.2, -0.15) is 18.3 Å². The number of aliphatic hydroxyl groups excluding tert-OH is 1. The smallest absolute Gasteiger partial charge is 0.435 e. The summed E-state index contributed by atoms with van der Waals surface area (Å²) in [6, 6.07) is 16.4. The van der Waals surface area contributed by atoms with Gasteiger partial charge in [0.1, 0.15) is 23.2 Å². The van der Waals surface area contributed by atoms with Gasteiger partial charge < -0.3 is 26.2 Å². The molecule has 0 aliphatic rings. The number of hydrogen-bond acceptors (Lipinski definition) is 6. The second-order valence-electron chi connectivity index (χ2n) is 10.6. The number of carbonyl (C=O) groups is 2. The molecular weight excluding hydrogens is 570 g/mol. The number of rotatable bonds is 7. The van der Waals surface area contributed by atoms with Crippen molar-refractivity contribution >= 4 is 23.4 Å². The first-order valence-corrected chi connectivity index (χ1v) is 13.0. The van der Waals surface area contributed by atoms with E-state index < -0.39 is 47.1 Å². The molecular formula is C30H29F4N5O4. The van der Waals surface area contributed by atoms with Crippen LogP contribution < -0.4 is 16.4 Å². The fraction of sp³-hybridized carbons (Fsp3) is 0.233. The number of halogens is 4. The molecule has 4 rings (SSSR count). The van der Waals surface area contributed by atoms with Crippen LogP contribution >= 0.6 is 0 Å². The summed E-state index contributed by atoms with van der Waals surface area (Å²) in [5, 5.41) is 19.2. The van der Waals surface area contributed by atoms with E-state index in [1.807, 2.05) is 0 Å². The molecule has 1 heterocycles. The van der Waals surface area contributed by atoms with E-state index in [0.29, 0.717) is 22.9 Å². The van der Waals surface area contributed by atoms with Crippen LogP contribution in [0.25, 0.3) is 5.69 Å². The Bertz CT molecular complexity index is 1630. The van der Waals surface area contributed by atoms with Crippen molar-refractivity contribution in [3.05, 3.63) is 107 Å². The van der Waals surface area contributed by atoms with Crippen LogP contribution in [0.5, 0.6) is 0 Å². The van der Waals surface area contributed by atoms with Crippen LogP contribution in [0.2, 0.25) is 0 Å². The highest BCUT2D eigenvalue weighted by Crippen LogP contribution is 2.31. The van der Waals surface area contributed by atoms with E-state index >= 15 is 0 Å². The summed E-state index contributed by atoms with van der Waals surface area (Å²) in [5.74, 6) is -1.96. The number of aromatic nitrogens is 2. The third kappa shape index (κ3) is 7.89. The highest BCUT2D eigenvalue weighted by molar-refractivity contribution is 6.03. The minimum absolute atomic E-state index is 0.0218. The fourth-order valence-electron chi connectivity index (χ4n) is 4.03. The van der Waals surface area contributed by atoms with E-state index in [0.717, 1.165) is 10.7 Å². The number of alkyl halides is 3. The zero-order valence-electron chi connectivity index (χ0n) is 23.4. The second kappa shape index (κ2) is 12.1. The van der Waals surface area contributed by atoms with E-state index in [-0.39, 0.29) is 23.5 Å². The Labute approximate surface area is 244 Å². The maximum atomic E-state index is 14.7. The lowest BCUT2D eigenvalue weighted by molar-refractivity contribution is -0.141. The minimum Gasteiger partial charge on any atom is -0.444 e. The highest BCUT2D eigenvalue weighted by Gasteiger charge is 2.36. The molecule has 0 aliphatic carbocycles. The average molecular weight is 600 g/mol. The third-order valence-corrected chi connectivity index (χ3v) is 6.03. The van der Waals surface area contributed by atoms with Gasteiger partial charge in [-0.3, -0.25) is 4.79 Å². The van der Waals surface area contributed by atoms with Crippen LogP contribution in [-0.2, 0) is 17.5 Å². The Hall–Kier alpha value is -4.91. The number of ether oxygens (including phenoxy) is 1. The van der Waals surface area contributed by atoms with Gasteiger partial charge in [0, 0.05) is 18.3 Å². The summed E-state index contributed by atoms with van der Waals surface area (Å²) >= 11 is 0. The molecule has 1 atom stereocenters. The maximum Gasteiger partial charge on any atom is 0.435 e. The zero-order valence-corrected chi connectivity index (χ0v) is 23.4. The Balaban J connectivity index is 1.62. The number of hydrogen-bond donors (Lipinski definition) is 4. The number of nitrogens with zero attached hydrogens (tertiary/aromatic N) is 2. The molecule has 0 aliphatic heterocycles. The van der Waals surface area contributed by atoms with Crippen molar-refractivity contribution < 1.29 is 37.0 Å². The molecule has 0 saturated carbocycles. The molecule has 2 amide bonds. The van der Waals surface area contributed by atoms with E-state index in [4.69, 9.17) is 10.5 Å². The topological polar surface area (TPSA) is 132 Å². The summed E-state index contributed by atoms with van der Waals surface area (Å²) in [6.07, 6.45) is -6.77. The number of carbonyl (C=O) groups excluding carboxylic acids is 2. The first kappa shape index (κ1) is 31.0. The molecule has 4 aromatic rings. The predicted octanol–water partition coefficient (Wildman–Crippen LogP) is 5.97. The molecule has 226 valence electrons. The molecule has 0 fully saturated rings. The van der Waals surface area contributed by atoms with Gasteiger partial charge in [-0.1, -0.05) is 30.3 Å². The number of nitrogens with two attached hydrogens (primary N) is 1. The van der Waals surface area contributed by atoms with Gasteiger partial charge in [0.15, 0.2) is 5.69 Å². The van der Waals surface area contributed by atoms with Gasteiger partial charge >= 0.3 is 12.3 Å². The largest absolute Gasteiger partial charge is 0.444 e. The third-order valence-electron chi connectivity index (χ3n) is 6.03. The van der Waals surface area contributed by atoms with Crippen molar-refractivity contribution in [3.8, 4) is 5.69 Å². The normalized spacial score (nSPS) is 12.5. The SMILES string of the molecule is CC(C)(C)OC(=O)NCc1cccc(-n2nc(C(F)(F)F)cc2C(=O)Nc2cc(C(O)c3ccc(N)cc3)ccc2F)c1. The number of aliphatic hydroxyl groups is 1. The van der Waals surface area contributed by atoms with Gasteiger partial charge in [0.05, 0.1) is 11.4 Å². The van der Waals surface area contributed by atoms with Crippen LogP contribution in [0.3, 0.4) is 0 Å². The van der Waals surface area contributed by atoms with E-state index in [9.17, 15) is 32.3 Å². The van der Waals surface area contributed by atoms with Crippen LogP contribution in [0, 0.1) is 5.82 Å². The highest BCUT2D eigenvalue weighted by atomic mass is 19.4. The second-order valence-corrected chi connectivity index (χ2v) is 10.6. The molecule has 0 radical (unpaired) electrons. The van der Waals surface area contributed by atoms with Crippen molar-refractivity contribution in [2.24, 2.45) is 0 Å². The van der Waals surface area contributed by atoms with Crippen molar-refractivity contribution in [1.29, 1.82) is 0 Å². The van der Waals surface area contributed by atoms with Crippen LogP contribution in [0.15, 0.2) is 72.8 Å². The first-order valence-electron chi connectivity index (χ1n) is 13.0. The minimum atomic E-state index is -4.88. The summed E-state index contributed by atoms with van der Waals surface area (Å²) in [5.41, 5.74) is 4.41. The lowest BCUT2D eigenvalue weighted by Crippen LogP contribution is -2.32. The molecule has 5 N–H and O–H groups in total. The maximum absolute atomic E-state index is 14.7. The quantitative estimate of drug-likeness (QED) is 0.153. The zero-order chi connectivity index (χ0) is 31.5. The van der Waals surface area contributed by atoms with Crippen molar-refractivity contribution in [2.75, 3.05) is 11.1 Å². The molecule has 43 heavy (non-hydrogen) atoms. The van der Waals surface area contributed by atoms with Crippen molar-refractivity contribution in [2.45, 2.75) is 45.2 Å². The number of amides is 2. The number of nitrogen functional groups attached to an aromatic ring is 1. The monoisotopic (exact) mass is 599 g/mol. The first-order chi connectivity index (χ1) is 20.1. The molecule has 0 bridgehead atoms. The lowest BCUT2D eigenvalue weighted by atomic mass is 10.0. The molecule has 9 nitrogen and oxygen atoms in total. The summed E-state index contributed by atoms with van der Waals surface area (Å²) < 4.78 is 61.6. The van der Waals surface area contributed by atoms with Crippen LogP contribution in [0.1, 0.15) is 59.7 Å². The average Bonchev–Trinajstić information content (AvgIpc) is 3.39. The van der Waals surface area contributed by atoms with E-state index in [1.54, 1.807) is 51.1 Å². The van der Waals surface area contributed by atoms with Gasteiger partial charge in [0.2, 0.25) is 0 Å². The van der Waals surface area contributed by atoms with Crippen molar-refractivity contribution in [3.63, 3.8) is 0 Å². The van der Waals surface area contributed by atoms with Gasteiger partial charge in [-0.25, -0.2) is 13.9 Å². The molecule has 0 spiro atoms. The van der Waals surface area contributed by atoms with E-state index in [1.165, 1.54) is 30.3 Å². The fourth-order valence-corrected chi connectivity index (χ4v) is 4.03. The van der Waals surface area contributed by atoms with Crippen LogP contribution in [0.4, 0.5) is 33.7 Å². The number of nitrogens with one attached hydrogen (secondary N) is 2. The Morgan fingerprint density at radius 2 is 1.67 bits per heavy atom. The van der Waals surface area contributed by atoms with Gasteiger partial charge in [-0.15, -0.1) is 0 Å². The van der Waals surface area contributed by atoms with Crippen LogP contribution in [-0.4, -0.2) is 32.5 Å². The Kier molecular flexibility index (Phi) is 8.76. The number of benzene rings is 3. The summed E-state index contributed by atoms with van der Waals surface area (Å²) in [6.45, 7) is 5.06. The van der Waals surface area contributed by atoms with Gasteiger partial charge in [-0.05, 0) is 73.9 Å². The van der Waals surface area contributed by atoms with Gasteiger partial charge in [0.25, 0.3) is 5.91 Å². The number of anilines is 2.